The van der Waals surface area contributed by atoms with Gasteiger partial charge in [-0.25, -0.2) is 4.98 Å². The molecule has 31 heavy (non-hydrogen) atoms. The Labute approximate surface area is 183 Å². The molecule has 2 aliphatic heterocycles. The second-order valence-corrected chi connectivity index (χ2v) is 9.21. The van der Waals surface area contributed by atoms with Gasteiger partial charge in [0.25, 0.3) is 0 Å². The van der Waals surface area contributed by atoms with Crippen LogP contribution < -0.4 is 0 Å². The van der Waals surface area contributed by atoms with Crippen molar-refractivity contribution >= 4 is 11.6 Å². The quantitative estimate of drug-likeness (QED) is 0.641. The SMILES string of the molecule is Cc1noc(C)c1CN1C(=O)CC[C@@]12CCCN(Cc1nc3ccccn3c1C)CC2. The van der Waals surface area contributed by atoms with Crippen molar-refractivity contribution in [3.05, 3.63) is 52.8 Å². The Balaban J connectivity index is 1.33. The zero-order chi connectivity index (χ0) is 21.6. The first-order valence-electron chi connectivity index (χ1n) is 11.3. The normalized spacial score (nSPS) is 22.7. The lowest BCUT2D eigenvalue weighted by Crippen LogP contribution is -2.46. The van der Waals surface area contributed by atoms with Crippen LogP contribution in [0, 0.1) is 20.8 Å². The van der Waals surface area contributed by atoms with Crippen LogP contribution in [0.15, 0.2) is 28.9 Å². The molecule has 0 unspecified atom stereocenters. The summed E-state index contributed by atoms with van der Waals surface area (Å²) in [5, 5.41) is 4.09. The molecule has 0 N–H and O–H groups in total. The van der Waals surface area contributed by atoms with Crippen LogP contribution in [0.2, 0.25) is 0 Å². The number of amides is 1. The second-order valence-electron chi connectivity index (χ2n) is 9.21. The molecule has 1 atom stereocenters. The molecule has 7 nitrogen and oxygen atoms in total. The van der Waals surface area contributed by atoms with E-state index in [0.717, 1.165) is 73.7 Å². The number of nitrogens with zero attached hydrogens (tertiary/aromatic N) is 5. The highest BCUT2D eigenvalue weighted by Gasteiger charge is 2.46. The number of carbonyl (C=O) groups excluding carboxylic acids is 1. The molecule has 3 aromatic rings. The van der Waals surface area contributed by atoms with Gasteiger partial charge in [0.05, 0.1) is 17.9 Å². The zero-order valence-electron chi connectivity index (χ0n) is 18.7. The maximum Gasteiger partial charge on any atom is 0.223 e. The number of hydrogen-bond acceptors (Lipinski definition) is 5. The molecular formula is C24H31N5O2. The third-order valence-corrected chi connectivity index (χ3v) is 7.43. The van der Waals surface area contributed by atoms with Crippen LogP contribution in [0.1, 0.15) is 60.5 Å². The van der Waals surface area contributed by atoms with Crippen molar-refractivity contribution in [1.82, 2.24) is 24.3 Å². The van der Waals surface area contributed by atoms with Gasteiger partial charge in [-0.2, -0.15) is 0 Å². The van der Waals surface area contributed by atoms with Crippen molar-refractivity contribution in [2.24, 2.45) is 0 Å². The topological polar surface area (TPSA) is 66.9 Å². The lowest BCUT2D eigenvalue weighted by Gasteiger charge is -2.38. The maximum atomic E-state index is 12.9. The van der Waals surface area contributed by atoms with Gasteiger partial charge < -0.3 is 13.8 Å². The monoisotopic (exact) mass is 421 g/mol. The van der Waals surface area contributed by atoms with E-state index < -0.39 is 0 Å². The third-order valence-electron chi connectivity index (χ3n) is 7.43. The summed E-state index contributed by atoms with van der Waals surface area (Å²) in [6.07, 6.45) is 6.84. The van der Waals surface area contributed by atoms with E-state index in [0.29, 0.717) is 13.0 Å². The van der Waals surface area contributed by atoms with Gasteiger partial charge in [-0.05, 0) is 65.1 Å². The van der Waals surface area contributed by atoms with Gasteiger partial charge in [0, 0.05) is 42.5 Å². The smallest absolute Gasteiger partial charge is 0.223 e. The minimum atomic E-state index is -0.0457. The maximum absolute atomic E-state index is 12.9. The Morgan fingerprint density at radius 2 is 1.97 bits per heavy atom. The van der Waals surface area contributed by atoms with Crippen LogP contribution in [0.3, 0.4) is 0 Å². The number of rotatable bonds is 4. The van der Waals surface area contributed by atoms with Gasteiger partial charge in [0.2, 0.25) is 5.91 Å². The van der Waals surface area contributed by atoms with E-state index in [2.05, 4.69) is 38.5 Å². The first kappa shape index (κ1) is 20.2. The Kier molecular flexibility index (Phi) is 5.08. The predicted octanol–water partition coefficient (Wildman–Crippen LogP) is 3.79. The molecule has 5 heterocycles. The molecular weight excluding hydrogens is 390 g/mol. The van der Waals surface area contributed by atoms with E-state index in [4.69, 9.17) is 9.51 Å². The number of carbonyl (C=O) groups is 1. The molecule has 3 aromatic heterocycles. The molecule has 7 heteroatoms. The summed E-state index contributed by atoms with van der Waals surface area (Å²) < 4.78 is 7.52. The fourth-order valence-electron chi connectivity index (χ4n) is 5.46. The van der Waals surface area contributed by atoms with Crippen molar-refractivity contribution in [3.63, 3.8) is 0 Å². The van der Waals surface area contributed by atoms with Gasteiger partial charge in [-0.3, -0.25) is 9.69 Å². The summed E-state index contributed by atoms with van der Waals surface area (Å²) in [5.74, 6) is 1.09. The second kappa shape index (κ2) is 7.79. The van der Waals surface area contributed by atoms with Crippen LogP contribution in [0.5, 0.6) is 0 Å². The molecule has 1 amide bonds. The van der Waals surface area contributed by atoms with Crippen molar-refractivity contribution in [3.8, 4) is 0 Å². The van der Waals surface area contributed by atoms with E-state index in [1.807, 2.05) is 26.0 Å². The summed E-state index contributed by atoms with van der Waals surface area (Å²) in [6, 6.07) is 6.14. The number of fused-ring (bicyclic) bond motifs is 1. The van der Waals surface area contributed by atoms with Crippen molar-refractivity contribution < 1.29 is 9.32 Å². The summed E-state index contributed by atoms with van der Waals surface area (Å²) >= 11 is 0. The molecule has 2 aliphatic rings. The fourth-order valence-corrected chi connectivity index (χ4v) is 5.46. The van der Waals surface area contributed by atoms with Crippen LogP contribution in [-0.2, 0) is 17.9 Å². The van der Waals surface area contributed by atoms with Crippen molar-refractivity contribution in [1.29, 1.82) is 0 Å². The predicted molar refractivity (Wildman–Crippen MR) is 118 cm³/mol. The molecule has 0 aromatic carbocycles. The average molecular weight is 422 g/mol. The fraction of sp³-hybridized carbons (Fsp3) is 0.542. The van der Waals surface area contributed by atoms with Crippen molar-refractivity contribution in [2.75, 3.05) is 13.1 Å². The number of aromatic nitrogens is 3. The number of pyridine rings is 1. The molecule has 0 saturated carbocycles. The standard InChI is InChI=1S/C24H31N5O2/c1-17-20(19(3)31-26-17)15-29-23(30)8-10-24(29)9-6-12-27(14-11-24)16-21-18(2)28-13-5-4-7-22(28)25-21/h4-5,7,13H,6,8-12,14-16H2,1-3H3/t24-/m1/s1. The molecule has 2 saturated heterocycles. The van der Waals surface area contributed by atoms with E-state index in [9.17, 15) is 4.79 Å². The highest BCUT2D eigenvalue weighted by atomic mass is 16.5. The van der Waals surface area contributed by atoms with Gasteiger partial charge in [-0.1, -0.05) is 11.2 Å². The molecule has 2 fully saturated rings. The lowest BCUT2D eigenvalue weighted by atomic mass is 9.87. The zero-order valence-corrected chi connectivity index (χ0v) is 18.7. The minimum Gasteiger partial charge on any atom is -0.361 e. The van der Waals surface area contributed by atoms with E-state index >= 15 is 0 Å². The first-order chi connectivity index (χ1) is 15.0. The van der Waals surface area contributed by atoms with Gasteiger partial charge >= 0.3 is 0 Å². The average Bonchev–Trinajstić information content (AvgIpc) is 3.30. The van der Waals surface area contributed by atoms with Crippen LogP contribution >= 0.6 is 0 Å². The molecule has 5 rings (SSSR count). The summed E-state index contributed by atoms with van der Waals surface area (Å²) in [6.45, 7) is 9.56. The van der Waals surface area contributed by atoms with E-state index in [-0.39, 0.29) is 11.4 Å². The first-order valence-corrected chi connectivity index (χ1v) is 11.3. The van der Waals surface area contributed by atoms with Crippen LogP contribution in [-0.4, -0.2) is 48.9 Å². The third kappa shape index (κ3) is 3.55. The summed E-state index contributed by atoms with van der Waals surface area (Å²) in [7, 11) is 0. The molecule has 0 radical (unpaired) electrons. The summed E-state index contributed by atoms with van der Waals surface area (Å²) in [5.41, 5.74) is 5.29. The Morgan fingerprint density at radius 1 is 1.10 bits per heavy atom. The molecule has 0 aliphatic carbocycles. The highest BCUT2D eigenvalue weighted by molar-refractivity contribution is 5.79. The van der Waals surface area contributed by atoms with E-state index in [1.54, 1.807) is 0 Å². The highest BCUT2D eigenvalue weighted by Crippen LogP contribution is 2.40. The summed E-state index contributed by atoms with van der Waals surface area (Å²) in [4.78, 5) is 22.4. The Bertz CT molecular complexity index is 1100. The minimum absolute atomic E-state index is 0.0457. The lowest BCUT2D eigenvalue weighted by molar-refractivity contribution is -0.132. The van der Waals surface area contributed by atoms with Gasteiger partial charge in [-0.15, -0.1) is 0 Å². The van der Waals surface area contributed by atoms with Crippen molar-refractivity contribution in [2.45, 2.75) is 71.5 Å². The number of likely N-dealkylation sites (tertiary alicyclic amines) is 2. The molecule has 164 valence electrons. The van der Waals surface area contributed by atoms with E-state index in [1.165, 1.54) is 5.69 Å². The molecule has 0 bridgehead atoms. The Hall–Kier alpha value is -2.67. The number of hydrogen-bond donors (Lipinski definition) is 0. The van der Waals surface area contributed by atoms with Gasteiger partial charge in [0.15, 0.2) is 0 Å². The molecule has 1 spiro atoms. The Morgan fingerprint density at radius 3 is 2.74 bits per heavy atom. The van der Waals surface area contributed by atoms with Crippen LogP contribution in [0.4, 0.5) is 0 Å². The largest absolute Gasteiger partial charge is 0.361 e. The number of imidazole rings is 1. The van der Waals surface area contributed by atoms with Crippen LogP contribution in [0.25, 0.3) is 5.65 Å². The van der Waals surface area contributed by atoms with Gasteiger partial charge in [0.1, 0.15) is 11.4 Å². The number of aryl methyl sites for hydroxylation is 3.